The van der Waals surface area contributed by atoms with E-state index in [-0.39, 0.29) is 47.6 Å². The van der Waals surface area contributed by atoms with Crippen molar-refractivity contribution in [3.8, 4) is 17.0 Å². The van der Waals surface area contributed by atoms with Gasteiger partial charge in [0.15, 0.2) is 0 Å². The number of carboxylic acid groups (broad SMARTS) is 1. The normalized spacial score (nSPS) is 22.1. The summed E-state index contributed by atoms with van der Waals surface area (Å²) in [5.41, 5.74) is 2.09. The highest BCUT2D eigenvalue weighted by Gasteiger charge is 2.42. The van der Waals surface area contributed by atoms with Gasteiger partial charge in [-0.15, -0.1) is 13.2 Å². The maximum absolute atomic E-state index is 13.1. The molecule has 4 heterocycles. The van der Waals surface area contributed by atoms with Crippen molar-refractivity contribution < 1.29 is 37.1 Å². The molecule has 2 aromatic heterocycles. The van der Waals surface area contributed by atoms with Gasteiger partial charge in [0.2, 0.25) is 0 Å². The van der Waals surface area contributed by atoms with Crippen molar-refractivity contribution in [2.24, 2.45) is 0 Å². The Morgan fingerprint density at radius 2 is 1.76 bits per heavy atom. The molecule has 2 atom stereocenters. The predicted molar refractivity (Wildman–Crippen MR) is 146 cm³/mol. The van der Waals surface area contributed by atoms with Crippen LogP contribution in [-0.2, 0) is 11.3 Å². The number of nitrogens with zero attached hydrogens (tertiary/aromatic N) is 3. The van der Waals surface area contributed by atoms with Crippen LogP contribution in [0.5, 0.6) is 5.75 Å². The Kier molecular flexibility index (Phi) is 6.56. The molecular weight excluding hydrogens is 551 g/mol. The van der Waals surface area contributed by atoms with Gasteiger partial charge in [-0.05, 0) is 74.9 Å². The summed E-state index contributed by atoms with van der Waals surface area (Å²) in [6.07, 6.45) is 0.545. The van der Waals surface area contributed by atoms with Crippen LogP contribution < -0.4 is 9.64 Å². The summed E-state index contributed by atoms with van der Waals surface area (Å²) in [7, 11) is 0. The molecule has 8 nitrogen and oxygen atoms in total. The van der Waals surface area contributed by atoms with Gasteiger partial charge in [-0.2, -0.15) is 0 Å². The fourth-order valence-electron chi connectivity index (χ4n) is 6.53. The van der Waals surface area contributed by atoms with Crippen molar-refractivity contribution in [2.45, 2.75) is 75.6 Å². The molecule has 7 rings (SSSR count). The van der Waals surface area contributed by atoms with Crippen LogP contribution in [0.15, 0.2) is 59.1 Å². The van der Waals surface area contributed by atoms with E-state index < -0.39 is 12.3 Å². The average Bonchev–Trinajstić information content (AvgIpc) is 3.66. The molecule has 1 N–H and O–H groups in total. The Hall–Kier alpha value is -4.12. The number of fused-ring (bicyclic) bond motifs is 3. The van der Waals surface area contributed by atoms with Gasteiger partial charge in [0, 0.05) is 34.5 Å². The van der Waals surface area contributed by atoms with Crippen LogP contribution in [0.3, 0.4) is 0 Å². The molecule has 2 aliphatic heterocycles. The summed E-state index contributed by atoms with van der Waals surface area (Å²) in [5, 5.41) is 14.3. The molecule has 218 valence electrons. The fraction of sp³-hybridized carbons (Fsp3) is 0.387. The van der Waals surface area contributed by atoms with E-state index in [9.17, 15) is 23.1 Å². The van der Waals surface area contributed by atoms with Crippen LogP contribution in [-0.4, -0.2) is 45.8 Å². The first-order chi connectivity index (χ1) is 20.2. The maximum atomic E-state index is 13.1. The molecule has 42 heavy (non-hydrogen) atoms. The van der Waals surface area contributed by atoms with Gasteiger partial charge < -0.3 is 24.0 Å². The Balaban J connectivity index is 1.10. The summed E-state index contributed by atoms with van der Waals surface area (Å²) >= 11 is 0. The number of alkyl halides is 3. The second kappa shape index (κ2) is 10.3. The van der Waals surface area contributed by atoms with E-state index in [1.54, 1.807) is 24.3 Å². The molecule has 1 saturated carbocycles. The van der Waals surface area contributed by atoms with Gasteiger partial charge in [0.1, 0.15) is 23.0 Å². The average molecular weight is 580 g/mol. The van der Waals surface area contributed by atoms with Gasteiger partial charge in [-0.3, -0.25) is 0 Å². The molecule has 11 heteroatoms. The quantitative estimate of drug-likeness (QED) is 0.237. The number of aromatic nitrogens is 2. The maximum Gasteiger partial charge on any atom is 0.573 e. The number of carboxylic acids is 1. The van der Waals surface area contributed by atoms with Crippen molar-refractivity contribution in [3.05, 3.63) is 71.5 Å². The predicted octanol–water partition coefficient (Wildman–Crippen LogP) is 7.08. The molecule has 2 saturated heterocycles. The minimum Gasteiger partial charge on any atom is -0.478 e. The third-order valence-electron chi connectivity index (χ3n) is 8.50. The number of ether oxygens (including phenoxy) is 2. The highest BCUT2D eigenvalue weighted by atomic mass is 19.4. The van der Waals surface area contributed by atoms with E-state index in [0.717, 1.165) is 44.3 Å². The topological polar surface area (TPSA) is 97.9 Å². The van der Waals surface area contributed by atoms with Gasteiger partial charge in [0.25, 0.3) is 0 Å². The number of rotatable bonds is 8. The van der Waals surface area contributed by atoms with Crippen LogP contribution in [0.25, 0.3) is 22.2 Å². The number of hydrogen-bond acceptors (Lipinski definition) is 7. The number of halogens is 3. The van der Waals surface area contributed by atoms with E-state index in [4.69, 9.17) is 14.2 Å². The van der Waals surface area contributed by atoms with E-state index in [1.807, 2.05) is 18.2 Å². The summed E-state index contributed by atoms with van der Waals surface area (Å²) in [6.45, 7) is 0.182. The van der Waals surface area contributed by atoms with Crippen molar-refractivity contribution in [3.63, 3.8) is 0 Å². The Bertz CT molecular complexity index is 1640. The number of carbonyl (C=O) groups is 1. The lowest BCUT2D eigenvalue weighted by atomic mass is 9.99. The van der Waals surface area contributed by atoms with Crippen molar-refractivity contribution in [2.75, 3.05) is 4.90 Å². The van der Waals surface area contributed by atoms with Crippen molar-refractivity contribution in [1.82, 2.24) is 10.1 Å². The number of anilines is 1. The molecule has 0 spiro atoms. The van der Waals surface area contributed by atoms with Crippen LogP contribution in [0, 0.1) is 0 Å². The molecule has 2 aromatic carbocycles. The molecular formula is C31H28F3N3O5. The number of aromatic carboxylic acids is 1. The molecule has 3 fully saturated rings. The molecule has 2 unspecified atom stereocenters. The summed E-state index contributed by atoms with van der Waals surface area (Å²) in [4.78, 5) is 18.8. The Morgan fingerprint density at radius 3 is 2.48 bits per heavy atom. The number of benzene rings is 2. The molecule has 1 aliphatic carbocycles. The molecule has 0 amide bonds. The number of para-hydroxylation sites is 1. The van der Waals surface area contributed by atoms with E-state index in [0.29, 0.717) is 27.9 Å². The number of hydrogen-bond donors (Lipinski definition) is 1. The van der Waals surface area contributed by atoms with Crippen molar-refractivity contribution >= 4 is 22.7 Å². The third-order valence-corrected chi connectivity index (χ3v) is 8.50. The standard InChI is InChI=1S/C31H28F3N3O5/c32-31(33,34)41-26-7-2-1-4-23(26)28-24(29(42-36-28)17-8-9-17)16-40-20-14-18-10-11-19(15-20)37(18)27-13-12-21-22(30(38)39)5-3-6-25(21)35-27/h1-7,12-13,17-20H,8-11,14-16H2,(H,38,39). The van der Waals surface area contributed by atoms with Gasteiger partial charge in [-0.25, -0.2) is 9.78 Å². The second-order valence-electron chi connectivity index (χ2n) is 11.2. The summed E-state index contributed by atoms with van der Waals surface area (Å²) in [5.74, 6) is 0.388. The first-order valence-corrected chi connectivity index (χ1v) is 14.1. The third kappa shape index (κ3) is 5.06. The lowest BCUT2D eigenvalue weighted by molar-refractivity contribution is -0.274. The Labute approximate surface area is 239 Å². The van der Waals surface area contributed by atoms with Gasteiger partial charge in [-0.1, -0.05) is 23.4 Å². The van der Waals surface area contributed by atoms with Gasteiger partial charge >= 0.3 is 12.3 Å². The lowest BCUT2D eigenvalue weighted by Gasteiger charge is -2.39. The zero-order valence-corrected chi connectivity index (χ0v) is 22.5. The van der Waals surface area contributed by atoms with E-state index >= 15 is 0 Å². The highest BCUT2D eigenvalue weighted by molar-refractivity contribution is 6.02. The zero-order chi connectivity index (χ0) is 29.0. The Morgan fingerprint density at radius 1 is 1.00 bits per heavy atom. The summed E-state index contributed by atoms with van der Waals surface area (Å²) in [6, 6.07) is 15.2. The SMILES string of the molecule is O=C(O)c1cccc2nc(N3C4CCC3CC(OCc3c(-c5ccccc5OC(F)(F)F)noc3C3CC3)C4)ccc12. The van der Waals surface area contributed by atoms with Crippen LogP contribution in [0.1, 0.15) is 66.1 Å². The highest BCUT2D eigenvalue weighted by Crippen LogP contribution is 2.46. The van der Waals surface area contributed by atoms with E-state index in [1.165, 1.54) is 12.1 Å². The first-order valence-electron chi connectivity index (χ1n) is 14.1. The monoisotopic (exact) mass is 579 g/mol. The molecule has 4 aromatic rings. The van der Waals surface area contributed by atoms with Crippen molar-refractivity contribution in [1.29, 1.82) is 0 Å². The second-order valence-corrected chi connectivity index (χ2v) is 11.2. The molecule has 3 aliphatic rings. The fourth-order valence-corrected chi connectivity index (χ4v) is 6.53. The minimum absolute atomic E-state index is 0.0470. The van der Waals surface area contributed by atoms with E-state index in [2.05, 4.69) is 14.8 Å². The number of pyridine rings is 1. The lowest BCUT2D eigenvalue weighted by Crippen LogP contribution is -2.46. The molecule has 2 bridgehead atoms. The first kappa shape index (κ1) is 26.8. The number of piperidine rings is 1. The largest absolute Gasteiger partial charge is 0.573 e. The summed E-state index contributed by atoms with van der Waals surface area (Å²) < 4.78 is 55.7. The van der Waals surface area contributed by atoms with Gasteiger partial charge in [0.05, 0.1) is 23.8 Å². The molecule has 0 radical (unpaired) electrons. The smallest absolute Gasteiger partial charge is 0.478 e. The van der Waals surface area contributed by atoms with Crippen LogP contribution in [0.4, 0.5) is 19.0 Å². The zero-order valence-electron chi connectivity index (χ0n) is 22.5. The van der Waals surface area contributed by atoms with Crippen LogP contribution >= 0.6 is 0 Å². The minimum atomic E-state index is -4.83. The van der Waals surface area contributed by atoms with Crippen LogP contribution in [0.2, 0.25) is 0 Å².